The van der Waals surface area contributed by atoms with E-state index in [2.05, 4.69) is 10.4 Å². The minimum absolute atomic E-state index is 0.0472. The number of carbonyl (C=O) groups is 1. The van der Waals surface area contributed by atoms with Crippen LogP contribution < -0.4 is 11.1 Å². The summed E-state index contributed by atoms with van der Waals surface area (Å²) in [7, 11) is 0. The largest absolute Gasteiger partial charge is 0.399 e. The Morgan fingerprint density at radius 3 is 2.79 bits per heavy atom. The van der Waals surface area contributed by atoms with E-state index in [1.165, 1.54) is 5.56 Å². The van der Waals surface area contributed by atoms with Crippen molar-refractivity contribution in [1.82, 2.24) is 15.1 Å². The number of nitrogens with zero attached hydrogens (tertiary/aromatic N) is 2. The highest BCUT2D eigenvalue weighted by molar-refractivity contribution is 5.75. The summed E-state index contributed by atoms with van der Waals surface area (Å²) in [5.41, 5.74) is 7.54. The average molecular weight is 258 g/mol. The van der Waals surface area contributed by atoms with Crippen LogP contribution in [0.3, 0.4) is 0 Å². The van der Waals surface area contributed by atoms with E-state index in [1.54, 1.807) is 10.9 Å². The van der Waals surface area contributed by atoms with Gasteiger partial charge in [-0.2, -0.15) is 5.10 Å². The zero-order chi connectivity index (χ0) is 13.5. The number of aryl methyl sites for hydroxylation is 1. The van der Waals surface area contributed by atoms with Gasteiger partial charge < -0.3 is 11.1 Å². The van der Waals surface area contributed by atoms with Crippen molar-refractivity contribution in [3.8, 4) is 0 Å². The van der Waals surface area contributed by atoms with Crippen molar-refractivity contribution in [2.45, 2.75) is 19.4 Å². The van der Waals surface area contributed by atoms with E-state index in [-0.39, 0.29) is 5.91 Å². The number of nitrogen functional groups attached to an aromatic ring is 1. The first kappa shape index (κ1) is 13.1. The van der Waals surface area contributed by atoms with E-state index in [9.17, 15) is 4.79 Å². The average Bonchev–Trinajstić information content (AvgIpc) is 2.92. The molecule has 0 saturated carbocycles. The Balaban J connectivity index is 1.65. The summed E-state index contributed by atoms with van der Waals surface area (Å²) >= 11 is 0. The molecule has 2 rings (SSSR count). The first-order valence-electron chi connectivity index (χ1n) is 6.32. The van der Waals surface area contributed by atoms with Crippen molar-refractivity contribution >= 4 is 11.6 Å². The monoisotopic (exact) mass is 258 g/mol. The van der Waals surface area contributed by atoms with Gasteiger partial charge in [0.1, 0.15) is 0 Å². The molecule has 0 saturated heterocycles. The second kappa shape index (κ2) is 6.58. The molecule has 0 spiro atoms. The minimum Gasteiger partial charge on any atom is -0.399 e. The lowest BCUT2D eigenvalue weighted by Crippen LogP contribution is -2.26. The second-order valence-electron chi connectivity index (χ2n) is 4.36. The van der Waals surface area contributed by atoms with Crippen molar-refractivity contribution in [2.24, 2.45) is 0 Å². The van der Waals surface area contributed by atoms with Gasteiger partial charge in [0.2, 0.25) is 5.91 Å². The van der Waals surface area contributed by atoms with E-state index in [4.69, 9.17) is 5.73 Å². The highest BCUT2D eigenvalue weighted by atomic mass is 16.1. The standard InChI is InChI=1S/C14H18N4O/c15-13-4-2-12(3-5-13)6-9-16-14(19)7-11-18-10-1-8-17-18/h1-5,8,10H,6-7,9,11,15H2,(H,16,19). The maximum atomic E-state index is 11.6. The van der Waals surface area contributed by atoms with Crippen molar-refractivity contribution in [2.75, 3.05) is 12.3 Å². The van der Waals surface area contributed by atoms with Crippen molar-refractivity contribution < 1.29 is 4.79 Å². The van der Waals surface area contributed by atoms with Gasteiger partial charge in [0, 0.05) is 37.6 Å². The van der Waals surface area contributed by atoms with Gasteiger partial charge in [-0.15, -0.1) is 0 Å². The van der Waals surface area contributed by atoms with Crippen LogP contribution in [0, 0.1) is 0 Å². The smallest absolute Gasteiger partial charge is 0.221 e. The Kier molecular flexibility index (Phi) is 4.55. The molecule has 5 heteroatoms. The van der Waals surface area contributed by atoms with Crippen LogP contribution in [0.15, 0.2) is 42.7 Å². The van der Waals surface area contributed by atoms with Crippen molar-refractivity contribution in [3.05, 3.63) is 48.3 Å². The number of benzene rings is 1. The van der Waals surface area contributed by atoms with Crippen LogP contribution in [0.2, 0.25) is 0 Å². The third-order valence-corrected chi connectivity index (χ3v) is 2.84. The molecule has 3 N–H and O–H groups in total. The fourth-order valence-corrected chi connectivity index (χ4v) is 1.77. The van der Waals surface area contributed by atoms with Gasteiger partial charge in [-0.25, -0.2) is 0 Å². The first-order chi connectivity index (χ1) is 9.24. The quantitative estimate of drug-likeness (QED) is 0.765. The van der Waals surface area contributed by atoms with E-state index in [0.717, 1.165) is 12.1 Å². The van der Waals surface area contributed by atoms with Gasteiger partial charge in [-0.05, 0) is 30.2 Å². The number of rotatable bonds is 6. The molecule has 0 aliphatic heterocycles. The molecule has 0 radical (unpaired) electrons. The van der Waals surface area contributed by atoms with Crippen LogP contribution in [0.5, 0.6) is 0 Å². The molecule has 2 aromatic rings. The molecule has 0 bridgehead atoms. The molecule has 1 aromatic carbocycles. The van der Waals surface area contributed by atoms with E-state index < -0.39 is 0 Å². The molecular formula is C14H18N4O. The molecule has 0 unspecified atom stereocenters. The molecule has 1 amide bonds. The molecule has 100 valence electrons. The van der Waals surface area contributed by atoms with Gasteiger partial charge in [-0.1, -0.05) is 12.1 Å². The van der Waals surface area contributed by atoms with Crippen LogP contribution in [0.1, 0.15) is 12.0 Å². The lowest BCUT2D eigenvalue weighted by Gasteiger charge is -2.06. The molecule has 0 aliphatic rings. The number of anilines is 1. The maximum absolute atomic E-state index is 11.6. The maximum Gasteiger partial charge on any atom is 0.221 e. The summed E-state index contributed by atoms with van der Waals surface area (Å²) in [4.78, 5) is 11.6. The van der Waals surface area contributed by atoms with Crippen LogP contribution >= 0.6 is 0 Å². The van der Waals surface area contributed by atoms with Gasteiger partial charge in [-0.3, -0.25) is 9.48 Å². The molecule has 0 fully saturated rings. The van der Waals surface area contributed by atoms with Crippen molar-refractivity contribution in [1.29, 1.82) is 0 Å². The number of aromatic nitrogens is 2. The zero-order valence-electron chi connectivity index (χ0n) is 10.7. The van der Waals surface area contributed by atoms with Gasteiger partial charge >= 0.3 is 0 Å². The van der Waals surface area contributed by atoms with E-state index >= 15 is 0 Å². The van der Waals surface area contributed by atoms with Crippen LogP contribution in [0.25, 0.3) is 0 Å². The van der Waals surface area contributed by atoms with Crippen LogP contribution in [-0.2, 0) is 17.8 Å². The Morgan fingerprint density at radius 1 is 1.32 bits per heavy atom. The van der Waals surface area contributed by atoms with Crippen LogP contribution in [0.4, 0.5) is 5.69 Å². The Bertz CT molecular complexity index is 505. The highest BCUT2D eigenvalue weighted by Crippen LogP contribution is 2.05. The number of carbonyl (C=O) groups excluding carboxylic acids is 1. The van der Waals surface area contributed by atoms with Gasteiger partial charge in [0.25, 0.3) is 0 Å². The van der Waals surface area contributed by atoms with E-state index in [0.29, 0.717) is 19.5 Å². The Hall–Kier alpha value is -2.30. The predicted octanol–water partition coefficient (Wildman–Crippen LogP) is 1.21. The second-order valence-corrected chi connectivity index (χ2v) is 4.36. The Morgan fingerprint density at radius 2 is 2.11 bits per heavy atom. The topological polar surface area (TPSA) is 72.9 Å². The van der Waals surface area contributed by atoms with Crippen molar-refractivity contribution in [3.63, 3.8) is 0 Å². The summed E-state index contributed by atoms with van der Waals surface area (Å²) in [5, 5.41) is 6.95. The third kappa shape index (κ3) is 4.46. The SMILES string of the molecule is Nc1ccc(CCNC(=O)CCn2cccn2)cc1. The molecule has 19 heavy (non-hydrogen) atoms. The predicted molar refractivity (Wildman–Crippen MR) is 74.4 cm³/mol. The van der Waals surface area contributed by atoms with E-state index in [1.807, 2.05) is 36.5 Å². The van der Waals surface area contributed by atoms with Gasteiger partial charge in [0.05, 0.1) is 0 Å². The third-order valence-electron chi connectivity index (χ3n) is 2.84. The Labute approximate surface area is 112 Å². The number of amides is 1. The minimum atomic E-state index is 0.0472. The fraction of sp³-hybridized carbons (Fsp3) is 0.286. The molecule has 0 atom stereocenters. The molecule has 0 aliphatic carbocycles. The first-order valence-corrected chi connectivity index (χ1v) is 6.32. The summed E-state index contributed by atoms with van der Waals surface area (Å²) in [6.45, 7) is 1.25. The normalized spacial score (nSPS) is 10.3. The fourth-order valence-electron chi connectivity index (χ4n) is 1.77. The number of hydrogen-bond donors (Lipinski definition) is 2. The summed E-state index contributed by atoms with van der Waals surface area (Å²) in [5.74, 6) is 0.0472. The zero-order valence-corrected chi connectivity index (χ0v) is 10.7. The number of hydrogen-bond acceptors (Lipinski definition) is 3. The lowest BCUT2D eigenvalue weighted by molar-refractivity contribution is -0.121. The van der Waals surface area contributed by atoms with Gasteiger partial charge in [0.15, 0.2) is 0 Å². The van der Waals surface area contributed by atoms with Crippen LogP contribution in [-0.4, -0.2) is 22.2 Å². The molecule has 5 nitrogen and oxygen atoms in total. The summed E-state index contributed by atoms with van der Waals surface area (Å²) in [6, 6.07) is 9.54. The highest BCUT2D eigenvalue weighted by Gasteiger charge is 2.01. The lowest BCUT2D eigenvalue weighted by atomic mass is 10.1. The number of nitrogens with one attached hydrogen (secondary N) is 1. The summed E-state index contributed by atoms with van der Waals surface area (Å²) < 4.78 is 1.75. The number of nitrogens with two attached hydrogens (primary N) is 1. The molecule has 1 aromatic heterocycles. The molecular weight excluding hydrogens is 240 g/mol. The summed E-state index contributed by atoms with van der Waals surface area (Å²) in [6.07, 6.45) is 4.82. The molecule has 1 heterocycles.